The molecule has 4 rings (SSSR count). The Labute approximate surface area is 213 Å². The number of hydrogen-bond donors (Lipinski definition) is 3. The van der Waals surface area contributed by atoms with Crippen LogP contribution in [0.15, 0.2) is 108 Å². The Morgan fingerprint density at radius 3 is 2.03 bits per heavy atom. The van der Waals surface area contributed by atoms with Gasteiger partial charge in [-0.2, -0.15) is 4.98 Å². The van der Waals surface area contributed by atoms with Gasteiger partial charge in [-0.15, -0.1) is 19.7 Å². The fraction of sp³-hybridized carbons (Fsp3) is 0.172. The second kappa shape index (κ2) is 16.9. The monoisotopic (exact) mass is 488 g/mol. The Morgan fingerprint density at radius 1 is 0.886 bits per heavy atom. The molecule has 0 saturated heterocycles. The molecule has 0 aliphatic carbocycles. The van der Waals surface area contributed by atoms with Crippen molar-refractivity contribution in [3.8, 4) is 0 Å². The first-order chi connectivity index (χ1) is 17.2. The molecule has 1 heterocycles. The molecule has 0 amide bonds. The number of aliphatic hydroxyl groups is 1. The van der Waals surface area contributed by atoms with E-state index in [2.05, 4.69) is 47.2 Å². The quantitative estimate of drug-likeness (QED) is 0.244. The molecule has 6 heteroatoms. The number of anilines is 2. The average Bonchev–Trinajstić information content (AvgIpc) is 2.91. The lowest BCUT2D eigenvalue weighted by atomic mass is 10.2. The van der Waals surface area contributed by atoms with E-state index < -0.39 is 0 Å². The number of hydrogen-bond acceptors (Lipinski definition) is 6. The summed E-state index contributed by atoms with van der Waals surface area (Å²) in [6, 6.07) is 23.7. The highest BCUT2D eigenvalue weighted by atomic mass is 32.2. The van der Waals surface area contributed by atoms with E-state index in [4.69, 9.17) is 5.73 Å². The van der Waals surface area contributed by atoms with Gasteiger partial charge < -0.3 is 16.2 Å². The third-order valence-corrected chi connectivity index (χ3v) is 5.64. The van der Waals surface area contributed by atoms with Crippen molar-refractivity contribution in [3.05, 3.63) is 110 Å². The summed E-state index contributed by atoms with van der Waals surface area (Å²) >= 11 is 1.64. The minimum atomic E-state index is 0.0216. The smallest absolute Gasteiger partial charge is 0.225 e. The maximum atomic E-state index is 9.58. The summed E-state index contributed by atoms with van der Waals surface area (Å²) < 4.78 is 0. The molecule has 1 aromatic heterocycles. The summed E-state index contributed by atoms with van der Waals surface area (Å²) in [6.07, 6.45) is 1.75. The number of benzene rings is 3. The van der Waals surface area contributed by atoms with E-state index >= 15 is 0 Å². The van der Waals surface area contributed by atoms with Crippen molar-refractivity contribution in [3.63, 3.8) is 0 Å². The van der Waals surface area contributed by atoms with Gasteiger partial charge in [0.25, 0.3) is 0 Å². The van der Waals surface area contributed by atoms with Gasteiger partial charge in [0.2, 0.25) is 5.95 Å². The predicted octanol–water partition coefficient (Wildman–Crippen LogP) is 7.49. The van der Waals surface area contributed by atoms with Crippen LogP contribution in [0.3, 0.4) is 0 Å². The van der Waals surface area contributed by atoms with Crippen molar-refractivity contribution in [2.45, 2.75) is 43.7 Å². The topological polar surface area (TPSA) is 84.1 Å². The molecule has 0 aliphatic rings. The molecule has 0 bridgehead atoms. The van der Waals surface area contributed by atoms with Crippen molar-refractivity contribution in [1.29, 1.82) is 0 Å². The van der Waals surface area contributed by atoms with E-state index in [1.54, 1.807) is 17.8 Å². The molecule has 0 spiro atoms. The first kappa shape index (κ1) is 29.4. The summed E-state index contributed by atoms with van der Waals surface area (Å²) in [7, 11) is 0. The molecule has 0 atom stereocenters. The first-order valence-electron chi connectivity index (χ1n) is 11.4. The molecule has 5 nitrogen and oxygen atoms in total. The summed E-state index contributed by atoms with van der Waals surface area (Å²) in [5.74, 6) is 0.972. The molecule has 0 unspecified atom stereocenters. The summed E-state index contributed by atoms with van der Waals surface area (Å²) in [4.78, 5) is 11.1. The highest BCUT2D eigenvalue weighted by molar-refractivity contribution is 7.99. The molecule has 0 fully saturated rings. The van der Waals surface area contributed by atoms with Crippen molar-refractivity contribution in [2.75, 3.05) is 11.1 Å². The average molecular weight is 489 g/mol. The van der Waals surface area contributed by atoms with Crippen LogP contribution in [-0.4, -0.2) is 15.1 Å². The Balaban J connectivity index is 0.000000797. The number of fused-ring (bicyclic) bond motifs is 1. The lowest BCUT2D eigenvalue weighted by Gasteiger charge is -2.13. The van der Waals surface area contributed by atoms with Crippen LogP contribution in [-0.2, 0) is 13.2 Å². The third kappa shape index (κ3) is 8.92. The van der Waals surface area contributed by atoms with Gasteiger partial charge in [0.15, 0.2) is 0 Å². The molecule has 0 radical (unpaired) electrons. The molecule has 0 aliphatic heterocycles. The fourth-order valence-corrected chi connectivity index (χ4v) is 4.02. The molecule has 184 valence electrons. The zero-order chi connectivity index (χ0) is 26.1. The second-order valence-corrected chi connectivity index (χ2v) is 7.77. The van der Waals surface area contributed by atoms with Crippen LogP contribution in [0.25, 0.3) is 10.9 Å². The molecular weight excluding hydrogens is 452 g/mol. The number of nitrogens with zero attached hydrogens (tertiary/aromatic N) is 2. The van der Waals surface area contributed by atoms with Crippen LogP contribution < -0.4 is 11.1 Å². The molecule has 4 N–H and O–H groups in total. The van der Waals surface area contributed by atoms with Gasteiger partial charge in [0.1, 0.15) is 5.82 Å². The Kier molecular flexibility index (Phi) is 14.2. The molecule has 35 heavy (non-hydrogen) atoms. The van der Waals surface area contributed by atoms with Crippen molar-refractivity contribution < 1.29 is 5.11 Å². The maximum Gasteiger partial charge on any atom is 0.225 e. The van der Waals surface area contributed by atoms with E-state index in [1.165, 1.54) is 0 Å². The Morgan fingerprint density at radius 2 is 1.40 bits per heavy atom. The highest BCUT2D eigenvalue weighted by Gasteiger charge is 2.09. The Bertz CT molecular complexity index is 1180. The molecule has 0 saturated carbocycles. The number of allylic oxidation sites excluding steroid dienone is 1. The normalized spacial score (nSPS) is 9.37. The zero-order valence-corrected chi connectivity index (χ0v) is 21.7. The summed E-state index contributed by atoms with van der Waals surface area (Å²) in [5.41, 5.74) is 8.93. The minimum Gasteiger partial charge on any atom is -0.392 e. The third-order valence-electron chi connectivity index (χ3n) is 4.41. The lowest BCUT2D eigenvalue weighted by molar-refractivity contribution is 0.279. The Hall–Kier alpha value is -3.61. The second-order valence-electron chi connectivity index (χ2n) is 6.69. The predicted molar refractivity (Wildman–Crippen MR) is 153 cm³/mol. The first-order valence-corrected chi connectivity index (χ1v) is 12.3. The van der Waals surface area contributed by atoms with Crippen molar-refractivity contribution >= 4 is 34.4 Å². The highest BCUT2D eigenvalue weighted by Crippen LogP contribution is 2.33. The number of para-hydroxylation sites is 1. The standard InChI is InChI=1S/C22H20N4OS.C3H6.C2H6.C2H4/c23-21-17-9-3-4-10-18(17)25-22(26-21)24-13-15-7-1-5-11-19(15)28-20-12-6-2-8-16(20)14-27;1-3-2;2*1-2/h1-12,27H,13-14H2,(H3,23,24,25,26);3H,1H2,2H3;1-2H3;1-2H2. The van der Waals surface area contributed by atoms with E-state index in [0.29, 0.717) is 18.3 Å². The van der Waals surface area contributed by atoms with Crippen LogP contribution in [0, 0.1) is 0 Å². The molecular formula is C29H36N4OS. The number of aliphatic hydroxyl groups excluding tert-OH is 1. The van der Waals surface area contributed by atoms with Gasteiger partial charge >= 0.3 is 0 Å². The van der Waals surface area contributed by atoms with E-state index in [-0.39, 0.29) is 6.61 Å². The number of nitrogen functional groups attached to an aromatic ring is 1. The van der Waals surface area contributed by atoms with Gasteiger partial charge in [0.05, 0.1) is 12.1 Å². The van der Waals surface area contributed by atoms with Crippen molar-refractivity contribution in [1.82, 2.24) is 9.97 Å². The van der Waals surface area contributed by atoms with Crippen LogP contribution in [0.2, 0.25) is 0 Å². The van der Waals surface area contributed by atoms with Crippen LogP contribution >= 0.6 is 11.8 Å². The summed E-state index contributed by atoms with van der Waals surface area (Å²) in [5, 5.41) is 13.7. The van der Waals surface area contributed by atoms with Gasteiger partial charge in [-0.05, 0) is 42.3 Å². The van der Waals surface area contributed by atoms with Crippen molar-refractivity contribution in [2.24, 2.45) is 0 Å². The zero-order valence-electron chi connectivity index (χ0n) is 20.9. The minimum absolute atomic E-state index is 0.0216. The largest absolute Gasteiger partial charge is 0.392 e. The summed E-state index contributed by atoms with van der Waals surface area (Å²) in [6.45, 7) is 15.8. The van der Waals surface area contributed by atoms with Gasteiger partial charge in [0, 0.05) is 21.7 Å². The van der Waals surface area contributed by atoms with E-state index in [0.717, 1.165) is 31.8 Å². The maximum absolute atomic E-state index is 9.58. The van der Waals surface area contributed by atoms with E-state index in [9.17, 15) is 5.11 Å². The lowest BCUT2D eigenvalue weighted by Crippen LogP contribution is -2.06. The number of aromatic nitrogens is 2. The van der Waals surface area contributed by atoms with Gasteiger partial charge in [-0.1, -0.05) is 80.2 Å². The van der Waals surface area contributed by atoms with E-state index in [1.807, 2.05) is 81.4 Å². The van der Waals surface area contributed by atoms with Gasteiger partial charge in [-0.25, -0.2) is 4.98 Å². The SMILES string of the molecule is C=C.C=CC.CC.Nc1nc(NCc2ccccc2Sc2ccccc2CO)nc2ccccc12. The van der Waals surface area contributed by atoms with Gasteiger partial charge in [-0.3, -0.25) is 0 Å². The van der Waals surface area contributed by atoms with Crippen LogP contribution in [0.5, 0.6) is 0 Å². The number of nitrogens with two attached hydrogens (primary N) is 1. The number of rotatable bonds is 6. The van der Waals surface area contributed by atoms with Crippen LogP contribution in [0.4, 0.5) is 11.8 Å². The van der Waals surface area contributed by atoms with Crippen LogP contribution in [0.1, 0.15) is 31.9 Å². The molecule has 4 aromatic rings. The molecule has 3 aromatic carbocycles. The fourth-order valence-electron chi connectivity index (χ4n) is 2.96. The number of nitrogens with one attached hydrogen (secondary N) is 1.